The molecule has 0 bridgehead atoms. The molecule has 0 saturated carbocycles. The van der Waals surface area contributed by atoms with Gasteiger partial charge in [0.05, 0.1) is 0 Å². The maximum atomic E-state index is 5.33. The van der Waals surface area contributed by atoms with Crippen LogP contribution < -0.4 is 0 Å². The van der Waals surface area contributed by atoms with Gasteiger partial charge in [-0.25, -0.2) is 4.99 Å². The average Bonchev–Trinajstić information content (AvgIpc) is 2.34. The van der Waals surface area contributed by atoms with E-state index in [-0.39, 0.29) is 5.54 Å². The van der Waals surface area contributed by atoms with Crippen LogP contribution in [0.5, 0.6) is 0 Å². The second-order valence-corrected chi connectivity index (χ2v) is 3.13. The lowest BCUT2D eigenvalue weighted by Gasteiger charge is -2.19. The van der Waals surface area contributed by atoms with Gasteiger partial charge in [-0.15, -0.1) is 13.2 Å². The molecular weight excluding hydrogens is 150 g/mol. The molecular formula is C10H15NO. The molecule has 0 unspecified atom stereocenters. The van der Waals surface area contributed by atoms with Gasteiger partial charge in [-0.05, 0) is 12.8 Å². The predicted molar refractivity (Wildman–Crippen MR) is 51.4 cm³/mol. The highest BCUT2D eigenvalue weighted by Gasteiger charge is 2.32. The van der Waals surface area contributed by atoms with E-state index in [1.165, 1.54) is 0 Å². The highest BCUT2D eigenvalue weighted by atomic mass is 16.5. The van der Waals surface area contributed by atoms with E-state index in [2.05, 4.69) is 18.2 Å². The normalized spacial score (nSPS) is 19.6. The van der Waals surface area contributed by atoms with Crippen LogP contribution in [0.3, 0.4) is 0 Å². The Hall–Kier alpha value is -1.05. The summed E-state index contributed by atoms with van der Waals surface area (Å²) < 4.78 is 5.33. The monoisotopic (exact) mass is 165 g/mol. The van der Waals surface area contributed by atoms with E-state index >= 15 is 0 Å². The molecule has 2 heteroatoms. The summed E-state index contributed by atoms with van der Waals surface area (Å²) in [6, 6.07) is 0. The van der Waals surface area contributed by atoms with Crippen LogP contribution in [-0.2, 0) is 4.74 Å². The smallest absolute Gasteiger partial charge is 0.180 e. The maximum Gasteiger partial charge on any atom is 0.180 e. The minimum absolute atomic E-state index is 0.104. The number of rotatable bonds is 4. The predicted octanol–water partition coefficient (Wildman–Crippen LogP) is 2.33. The third-order valence-corrected chi connectivity index (χ3v) is 1.99. The van der Waals surface area contributed by atoms with E-state index in [4.69, 9.17) is 4.74 Å². The van der Waals surface area contributed by atoms with Crippen LogP contribution in [-0.4, -0.2) is 18.0 Å². The topological polar surface area (TPSA) is 21.6 Å². The molecule has 1 aliphatic rings. The largest absolute Gasteiger partial charge is 0.479 e. The molecule has 0 aliphatic carbocycles. The first-order valence-electron chi connectivity index (χ1n) is 4.13. The van der Waals surface area contributed by atoms with Crippen molar-refractivity contribution in [2.45, 2.75) is 25.3 Å². The van der Waals surface area contributed by atoms with Crippen molar-refractivity contribution < 1.29 is 4.74 Å². The Morgan fingerprint density at radius 1 is 1.50 bits per heavy atom. The lowest BCUT2D eigenvalue weighted by molar-refractivity contribution is 0.255. The molecule has 0 aromatic carbocycles. The third kappa shape index (κ3) is 1.76. The van der Waals surface area contributed by atoms with E-state index in [9.17, 15) is 0 Å². The highest BCUT2D eigenvalue weighted by molar-refractivity contribution is 5.75. The Balaban J connectivity index is 2.73. The van der Waals surface area contributed by atoms with E-state index in [1.54, 1.807) is 0 Å². The summed E-state index contributed by atoms with van der Waals surface area (Å²) in [5, 5.41) is 0. The van der Waals surface area contributed by atoms with Gasteiger partial charge in [0, 0.05) is 6.92 Å². The molecule has 2 nitrogen and oxygen atoms in total. The van der Waals surface area contributed by atoms with Crippen molar-refractivity contribution in [3.05, 3.63) is 25.3 Å². The van der Waals surface area contributed by atoms with Crippen LogP contribution in [0.4, 0.5) is 0 Å². The molecule has 1 heterocycles. The molecule has 0 radical (unpaired) electrons. The van der Waals surface area contributed by atoms with Crippen molar-refractivity contribution in [3.63, 3.8) is 0 Å². The zero-order valence-corrected chi connectivity index (χ0v) is 7.55. The summed E-state index contributed by atoms with van der Waals surface area (Å²) in [6.07, 6.45) is 5.48. The van der Waals surface area contributed by atoms with Gasteiger partial charge < -0.3 is 4.74 Å². The summed E-state index contributed by atoms with van der Waals surface area (Å²) >= 11 is 0. The van der Waals surface area contributed by atoms with E-state index in [0.29, 0.717) is 6.61 Å². The first-order valence-corrected chi connectivity index (χ1v) is 4.13. The molecule has 0 saturated heterocycles. The molecule has 1 aliphatic heterocycles. The van der Waals surface area contributed by atoms with Crippen LogP contribution in [0, 0.1) is 0 Å². The number of aliphatic imine (C=N–C) groups is 1. The molecule has 12 heavy (non-hydrogen) atoms. The Morgan fingerprint density at radius 2 is 2.08 bits per heavy atom. The second kappa shape index (κ2) is 3.57. The molecule has 66 valence electrons. The molecule has 0 aromatic rings. The van der Waals surface area contributed by atoms with Gasteiger partial charge >= 0.3 is 0 Å². The molecule has 0 atom stereocenters. The van der Waals surface area contributed by atoms with E-state index in [1.807, 2.05) is 19.1 Å². The summed E-state index contributed by atoms with van der Waals surface area (Å²) in [7, 11) is 0. The van der Waals surface area contributed by atoms with Gasteiger partial charge in [-0.1, -0.05) is 12.2 Å². The van der Waals surface area contributed by atoms with Crippen LogP contribution in [0.25, 0.3) is 0 Å². The summed E-state index contributed by atoms with van der Waals surface area (Å²) in [5.74, 6) is 0.777. The van der Waals surface area contributed by atoms with Gasteiger partial charge in [0.25, 0.3) is 0 Å². The van der Waals surface area contributed by atoms with E-state index in [0.717, 1.165) is 18.7 Å². The van der Waals surface area contributed by atoms with Crippen LogP contribution in [0.1, 0.15) is 19.8 Å². The zero-order chi connectivity index (χ0) is 9.03. The number of hydrogen-bond acceptors (Lipinski definition) is 2. The van der Waals surface area contributed by atoms with Gasteiger partial charge in [-0.2, -0.15) is 0 Å². The van der Waals surface area contributed by atoms with Crippen molar-refractivity contribution in [2.24, 2.45) is 4.99 Å². The number of ether oxygens (including phenoxy) is 1. The van der Waals surface area contributed by atoms with Crippen molar-refractivity contribution in [1.82, 2.24) is 0 Å². The lowest BCUT2D eigenvalue weighted by atomic mass is 9.93. The standard InChI is InChI=1S/C10H15NO/c1-4-6-10(7-5-2)8-12-9(3)11-10/h4-5H,1-2,6-8H2,3H3. The third-order valence-electron chi connectivity index (χ3n) is 1.99. The SMILES string of the molecule is C=CCC1(CC=C)COC(C)=N1. The van der Waals surface area contributed by atoms with Gasteiger partial charge in [0.1, 0.15) is 12.1 Å². The number of nitrogens with zero attached hydrogens (tertiary/aromatic N) is 1. The zero-order valence-electron chi connectivity index (χ0n) is 7.55. The fourth-order valence-corrected chi connectivity index (χ4v) is 1.47. The Kier molecular flexibility index (Phi) is 2.69. The summed E-state index contributed by atoms with van der Waals surface area (Å²) in [5.41, 5.74) is -0.104. The van der Waals surface area contributed by atoms with Crippen LogP contribution in [0.15, 0.2) is 30.3 Å². The lowest BCUT2D eigenvalue weighted by Crippen LogP contribution is -2.26. The first kappa shape index (κ1) is 9.04. The first-order chi connectivity index (χ1) is 5.72. The van der Waals surface area contributed by atoms with Crippen molar-refractivity contribution >= 4 is 5.90 Å². The molecule has 0 fully saturated rings. The fourth-order valence-electron chi connectivity index (χ4n) is 1.47. The molecule has 0 spiro atoms. The minimum atomic E-state index is -0.104. The second-order valence-electron chi connectivity index (χ2n) is 3.13. The summed E-state index contributed by atoms with van der Waals surface area (Å²) in [4.78, 5) is 4.45. The molecule has 0 amide bonds. The van der Waals surface area contributed by atoms with Crippen molar-refractivity contribution in [2.75, 3.05) is 6.61 Å². The van der Waals surface area contributed by atoms with Crippen molar-refractivity contribution in [3.8, 4) is 0 Å². The van der Waals surface area contributed by atoms with Crippen LogP contribution >= 0.6 is 0 Å². The fraction of sp³-hybridized carbons (Fsp3) is 0.500. The maximum absolute atomic E-state index is 5.33. The number of hydrogen-bond donors (Lipinski definition) is 0. The molecule has 0 N–H and O–H groups in total. The van der Waals surface area contributed by atoms with Gasteiger partial charge in [-0.3, -0.25) is 0 Å². The Bertz CT molecular complexity index is 208. The van der Waals surface area contributed by atoms with Gasteiger partial charge in [0.2, 0.25) is 0 Å². The highest BCUT2D eigenvalue weighted by Crippen LogP contribution is 2.27. The van der Waals surface area contributed by atoms with E-state index < -0.39 is 0 Å². The minimum Gasteiger partial charge on any atom is -0.479 e. The molecule has 0 aromatic heterocycles. The molecule has 1 rings (SSSR count). The summed E-state index contributed by atoms with van der Waals surface area (Å²) in [6.45, 7) is 9.98. The van der Waals surface area contributed by atoms with Crippen molar-refractivity contribution in [1.29, 1.82) is 0 Å². The average molecular weight is 165 g/mol. The quantitative estimate of drug-likeness (QED) is 0.586. The van der Waals surface area contributed by atoms with Gasteiger partial charge in [0.15, 0.2) is 5.90 Å². The Labute approximate surface area is 73.6 Å². The Morgan fingerprint density at radius 3 is 2.42 bits per heavy atom. The van der Waals surface area contributed by atoms with Crippen LogP contribution in [0.2, 0.25) is 0 Å².